The maximum Gasteiger partial charge on any atom is 0.335 e. The standard InChI is InChI=1S/C14H19N3O5S/c1-23(21,22)17-8-6-16(7-9-17)14(20)15-10-11-2-4-12(5-3-11)13(18)19/h2-5H,6-10H2,1H3,(H,15,20)(H,18,19). The topological polar surface area (TPSA) is 107 Å². The molecule has 1 aromatic rings. The van der Waals surface area contributed by atoms with E-state index in [-0.39, 0.29) is 18.1 Å². The zero-order valence-corrected chi connectivity index (χ0v) is 13.5. The van der Waals surface area contributed by atoms with E-state index in [0.717, 1.165) is 11.8 Å². The van der Waals surface area contributed by atoms with Crippen molar-refractivity contribution < 1.29 is 23.1 Å². The molecule has 2 amide bonds. The van der Waals surface area contributed by atoms with Crippen LogP contribution in [-0.4, -0.2) is 67.2 Å². The van der Waals surface area contributed by atoms with Crippen molar-refractivity contribution in [2.75, 3.05) is 32.4 Å². The summed E-state index contributed by atoms with van der Waals surface area (Å²) >= 11 is 0. The number of carboxylic acid groups (broad SMARTS) is 1. The van der Waals surface area contributed by atoms with Gasteiger partial charge in [0.05, 0.1) is 11.8 Å². The number of piperazine rings is 1. The zero-order valence-electron chi connectivity index (χ0n) is 12.7. The highest BCUT2D eigenvalue weighted by Crippen LogP contribution is 2.07. The maximum absolute atomic E-state index is 12.1. The number of rotatable bonds is 4. The first kappa shape index (κ1) is 17.2. The lowest BCUT2D eigenvalue weighted by molar-refractivity contribution is 0.0697. The molecule has 1 aliphatic rings. The SMILES string of the molecule is CS(=O)(=O)N1CCN(C(=O)NCc2ccc(C(=O)O)cc2)CC1. The van der Waals surface area contributed by atoms with Crippen LogP contribution in [0.25, 0.3) is 0 Å². The molecule has 2 N–H and O–H groups in total. The van der Waals surface area contributed by atoms with E-state index >= 15 is 0 Å². The average Bonchev–Trinajstić information content (AvgIpc) is 2.52. The Morgan fingerprint density at radius 1 is 1.13 bits per heavy atom. The Morgan fingerprint density at radius 3 is 2.17 bits per heavy atom. The van der Waals surface area contributed by atoms with Gasteiger partial charge in [0, 0.05) is 32.7 Å². The molecule has 0 aliphatic carbocycles. The summed E-state index contributed by atoms with van der Waals surface area (Å²) in [5.74, 6) is -0.996. The van der Waals surface area contributed by atoms with Gasteiger partial charge in [-0.1, -0.05) is 12.1 Å². The first-order chi connectivity index (χ1) is 10.8. The molecule has 0 radical (unpaired) electrons. The Morgan fingerprint density at radius 2 is 1.70 bits per heavy atom. The molecule has 1 aromatic carbocycles. The molecule has 1 saturated heterocycles. The highest BCUT2D eigenvalue weighted by molar-refractivity contribution is 7.88. The summed E-state index contributed by atoms with van der Waals surface area (Å²) in [4.78, 5) is 24.4. The van der Waals surface area contributed by atoms with Crippen molar-refractivity contribution in [3.63, 3.8) is 0 Å². The van der Waals surface area contributed by atoms with Crippen LogP contribution in [0.15, 0.2) is 24.3 Å². The number of urea groups is 1. The summed E-state index contributed by atoms with van der Waals surface area (Å²) < 4.78 is 24.2. The molecule has 1 heterocycles. The molecule has 0 aromatic heterocycles. The largest absolute Gasteiger partial charge is 0.478 e. The number of aromatic carboxylic acids is 1. The van der Waals surface area contributed by atoms with Crippen molar-refractivity contribution in [1.82, 2.24) is 14.5 Å². The lowest BCUT2D eigenvalue weighted by atomic mass is 10.1. The quantitative estimate of drug-likeness (QED) is 0.812. The summed E-state index contributed by atoms with van der Waals surface area (Å²) in [5.41, 5.74) is 0.982. The Kier molecular flexibility index (Phi) is 5.22. The number of nitrogens with one attached hydrogen (secondary N) is 1. The van der Waals surface area contributed by atoms with Crippen molar-refractivity contribution in [1.29, 1.82) is 0 Å². The van der Waals surface area contributed by atoms with Crippen LogP contribution in [0.5, 0.6) is 0 Å². The van der Waals surface area contributed by atoms with Gasteiger partial charge in [0.25, 0.3) is 0 Å². The minimum atomic E-state index is -3.21. The number of carbonyl (C=O) groups is 2. The van der Waals surface area contributed by atoms with E-state index in [0.29, 0.717) is 26.2 Å². The summed E-state index contributed by atoms with van der Waals surface area (Å²) in [7, 11) is -3.21. The second-order valence-corrected chi connectivity index (χ2v) is 7.29. The third-order valence-electron chi connectivity index (χ3n) is 3.64. The fourth-order valence-corrected chi connectivity index (χ4v) is 3.10. The monoisotopic (exact) mass is 341 g/mol. The molecule has 0 spiro atoms. The molecule has 2 rings (SSSR count). The van der Waals surface area contributed by atoms with Crippen LogP contribution in [0.1, 0.15) is 15.9 Å². The minimum absolute atomic E-state index is 0.192. The average molecular weight is 341 g/mol. The van der Waals surface area contributed by atoms with E-state index in [2.05, 4.69) is 5.32 Å². The third-order valence-corrected chi connectivity index (χ3v) is 4.94. The van der Waals surface area contributed by atoms with Crippen LogP contribution in [-0.2, 0) is 16.6 Å². The highest BCUT2D eigenvalue weighted by Gasteiger charge is 2.25. The van der Waals surface area contributed by atoms with Crippen LogP contribution < -0.4 is 5.32 Å². The van der Waals surface area contributed by atoms with Crippen LogP contribution in [0.2, 0.25) is 0 Å². The molecule has 0 saturated carbocycles. The fourth-order valence-electron chi connectivity index (χ4n) is 2.28. The molecular weight excluding hydrogens is 322 g/mol. The van der Waals surface area contributed by atoms with E-state index in [4.69, 9.17) is 5.11 Å². The van der Waals surface area contributed by atoms with Gasteiger partial charge in [0.15, 0.2) is 0 Å². The van der Waals surface area contributed by atoms with Crippen LogP contribution in [0.3, 0.4) is 0 Å². The van der Waals surface area contributed by atoms with E-state index in [1.54, 1.807) is 17.0 Å². The van der Waals surface area contributed by atoms with Gasteiger partial charge >= 0.3 is 12.0 Å². The van der Waals surface area contributed by atoms with Crippen LogP contribution in [0, 0.1) is 0 Å². The first-order valence-corrected chi connectivity index (χ1v) is 8.92. The lowest BCUT2D eigenvalue weighted by Crippen LogP contribution is -2.52. The Balaban J connectivity index is 1.83. The normalized spacial score (nSPS) is 16.1. The van der Waals surface area contributed by atoms with Crippen molar-refractivity contribution in [2.24, 2.45) is 0 Å². The second kappa shape index (κ2) is 6.97. The number of benzene rings is 1. The molecule has 1 aliphatic heterocycles. The van der Waals surface area contributed by atoms with Crippen molar-refractivity contribution in [3.05, 3.63) is 35.4 Å². The number of sulfonamides is 1. The van der Waals surface area contributed by atoms with Gasteiger partial charge in [0.2, 0.25) is 10.0 Å². The zero-order chi connectivity index (χ0) is 17.0. The summed E-state index contributed by atoms with van der Waals surface area (Å²) in [6.07, 6.45) is 1.16. The molecule has 126 valence electrons. The van der Waals surface area contributed by atoms with Crippen LogP contribution >= 0.6 is 0 Å². The van der Waals surface area contributed by atoms with Crippen molar-refractivity contribution >= 4 is 22.0 Å². The predicted octanol–water partition coefficient (Wildman–Crippen LogP) is 0.172. The third kappa shape index (κ3) is 4.67. The molecule has 0 bridgehead atoms. The van der Waals surface area contributed by atoms with E-state index in [1.165, 1.54) is 16.4 Å². The second-order valence-electron chi connectivity index (χ2n) is 5.31. The molecular formula is C14H19N3O5S. The van der Waals surface area contributed by atoms with Gasteiger partial charge in [-0.2, -0.15) is 4.31 Å². The van der Waals surface area contributed by atoms with Gasteiger partial charge in [-0.05, 0) is 17.7 Å². The predicted molar refractivity (Wildman–Crippen MR) is 83.6 cm³/mol. The molecule has 23 heavy (non-hydrogen) atoms. The Labute approximate surface area is 134 Å². The minimum Gasteiger partial charge on any atom is -0.478 e. The summed E-state index contributed by atoms with van der Waals surface area (Å²) in [6.45, 7) is 1.55. The number of carboxylic acids is 1. The van der Waals surface area contributed by atoms with Gasteiger partial charge < -0.3 is 15.3 Å². The van der Waals surface area contributed by atoms with E-state index in [9.17, 15) is 18.0 Å². The fraction of sp³-hybridized carbons (Fsp3) is 0.429. The van der Waals surface area contributed by atoms with Crippen LogP contribution in [0.4, 0.5) is 4.79 Å². The number of hydrogen-bond donors (Lipinski definition) is 2. The van der Waals surface area contributed by atoms with Gasteiger partial charge in [-0.15, -0.1) is 0 Å². The van der Waals surface area contributed by atoms with Crippen molar-refractivity contribution in [3.8, 4) is 0 Å². The van der Waals surface area contributed by atoms with E-state index in [1.807, 2.05) is 0 Å². The first-order valence-electron chi connectivity index (χ1n) is 7.07. The maximum atomic E-state index is 12.1. The lowest BCUT2D eigenvalue weighted by Gasteiger charge is -2.33. The highest BCUT2D eigenvalue weighted by atomic mass is 32.2. The molecule has 0 unspecified atom stereocenters. The molecule has 0 atom stereocenters. The van der Waals surface area contributed by atoms with E-state index < -0.39 is 16.0 Å². The smallest absolute Gasteiger partial charge is 0.335 e. The molecule has 9 heteroatoms. The summed E-state index contributed by atoms with van der Waals surface area (Å²) in [5, 5.41) is 11.6. The number of nitrogens with zero attached hydrogens (tertiary/aromatic N) is 2. The van der Waals surface area contributed by atoms with Gasteiger partial charge in [0.1, 0.15) is 0 Å². The van der Waals surface area contributed by atoms with Gasteiger partial charge in [-0.3, -0.25) is 0 Å². The van der Waals surface area contributed by atoms with Crippen molar-refractivity contribution in [2.45, 2.75) is 6.54 Å². The van der Waals surface area contributed by atoms with Gasteiger partial charge in [-0.25, -0.2) is 18.0 Å². The number of carbonyl (C=O) groups excluding carboxylic acids is 1. The molecule has 8 nitrogen and oxygen atoms in total. The Hall–Kier alpha value is -2.13. The summed E-state index contributed by atoms with van der Waals surface area (Å²) in [6, 6.07) is 5.99. The Bertz CT molecular complexity index is 679. The molecule has 1 fully saturated rings. The number of hydrogen-bond acceptors (Lipinski definition) is 4. The number of amides is 2.